The number of carbonyl (C=O) groups is 2. The summed E-state index contributed by atoms with van der Waals surface area (Å²) in [5.41, 5.74) is 0. The first-order valence-electron chi connectivity index (χ1n) is 20.3. The molecular formula is C39H77O8P. The van der Waals surface area contributed by atoms with Crippen LogP contribution in [0.25, 0.3) is 0 Å². The van der Waals surface area contributed by atoms with E-state index in [0.29, 0.717) is 6.42 Å². The summed E-state index contributed by atoms with van der Waals surface area (Å²) in [6, 6.07) is 0. The Morgan fingerprint density at radius 3 is 1.06 bits per heavy atom. The first-order chi connectivity index (χ1) is 23.3. The van der Waals surface area contributed by atoms with Crippen LogP contribution < -0.4 is 0 Å². The number of carbonyl (C=O) groups excluding carboxylic acids is 2. The number of hydrogen-bond acceptors (Lipinski definition) is 6. The highest BCUT2D eigenvalue weighted by Gasteiger charge is 2.22. The number of esters is 2. The van der Waals surface area contributed by atoms with Gasteiger partial charge in [0.05, 0.1) is 6.61 Å². The molecule has 0 saturated heterocycles. The number of phosphoric acid groups is 1. The SMILES string of the molecule is CCCCCCCCCCCCCCCCCCCCC(=O)O[C@H](COC(=O)CCCCCCCCCCCCCC)COP(=O)(O)O. The van der Waals surface area contributed by atoms with Gasteiger partial charge in [-0.3, -0.25) is 14.1 Å². The predicted octanol–water partition coefficient (Wildman–Crippen LogP) is 12.1. The molecule has 0 unspecified atom stereocenters. The lowest BCUT2D eigenvalue weighted by Gasteiger charge is -2.18. The first-order valence-corrected chi connectivity index (χ1v) is 21.9. The van der Waals surface area contributed by atoms with Crippen molar-refractivity contribution in [1.82, 2.24) is 0 Å². The summed E-state index contributed by atoms with van der Waals surface area (Å²) in [6.45, 7) is 3.70. The highest BCUT2D eigenvalue weighted by Crippen LogP contribution is 2.36. The van der Waals surface area contributed by atoms with Gasteiger partial charge in [0, 0.05) is 12.8 Å². The fraction of sp³-hybridized carbons (Fsp3) is 0.949. The Hall–Kier alpha value is -0.950. The molecule has 9 heteroatoms. The van der Waals surface area contributed by atoms with Gasteiger partial charge >= 0.3 is 19.8 Å². The Kier molecular flexibility index (Phi) is 35.2. The Bertz CT molecular complexity index is 756. The molecule has 0 aromatic carbocycles. The van der Waals surface area contributed by atoms with Crippen molar-refractivity contribution >= 4 is 19.8 Å². The van der Waals surface area contributed by atoms with E-state index in [4.69, 9.17) is 19.3 Å². The van der Waals surface area contributed by atoms with Gasteiger partial charge in [-0.25, -0.2) is 4.57 Å². The lowest BCUT2D eigenvalue weighted by atomic mass is 10.0. The second-order valence-electron chi connectivity index (χ2n) is 14.0. The zero-order valence-corrected chi connectivity index (χ0v) is 32.3. The molecule has 0 aliphatic carbocycles. The number of hydrogen-bond donors (Lipinski definition) is 2. The Morgan fingerprint density at radius 1 is 0.458 bits per heavy atom. The summed E-state index contributed by atoms with van der Waals surface area (Å²) in [6.07, 6.45) is 36.8. The Labute approximate surface area is 295 Å². The largest absolute Gasteiger partial charge is 0.469 e. The minimum Gasteiger partial charge on any atom is -0.462 e. The molecule has 0 aromatic heterocycles. The van der Waals surface area contributed by atoms with Crippen LogP contribution in [0.4, 0.5) is 0 Å². The Balaban J connectivity index is 3.86. The second kappa shape index (κ2) is 35.9. The van der Waals surface area contributed by atoms with Gasteiger partial charge in [-0.05, 0) is 12.8 Å². The van der Waals surface area contributed by atoms with Crippen molar-refractivity contribution in [3.63, 3.8) is 0 Å². The van der Waals surface area contributed by atoms with Crippen molar-refractivity contribution in [1.29, 1.82) is 0 Å². The van der Waals surface area contributed by atoms with Crippen molar-refractivity contribution in [2.75, 3.05) is 13.2 Å². The molecular weight excluding hydrogens is 627 g/mol. The maximum atomic E-state index is 12.4. The summed E-state index contributed by atoms with van der Waals surface area (Å²) in [5.74, 6) is -0.870. The molecule has 48 heavy (non-hydrogen) atoms. The maximum Gasteiger partial charge on any atom is 0.469 e. The molecule has 0 radical (unpaired) electrons. The van der Waals surface area contributed by atoms with E-state index in [2.05, 4.69) is 18.4 Å². The van der Waals surface area contributed by atoms with Gasteiger partial charge < -0.3 is 19.3 Å². The van der Waals surface area contributed by atoms with Gasteiger partial charge in [0.25, 0.3) is 0 Å². The van der Waals surface area contributed by atoms with Gasteiger partial charge in [-0.1, -0.05) is 194 Å². The second-order valence-corrected chi connectivity index (χ2v) is 15.2. The van der Waals surface area contributed by atoms with Crippen LogP contribution in [0.5, 0.6) is 0 Å². The van der Waals surface area contributed by atoms with Crippen LogP contribution in [0, 0.1) is 0 Å². The number of phosphoric ester groups is 1. The minimum absolute atomic E-state index is 0.220. The van der Waals surface area contributed by atoms with E-state index in [1.165, 1.54) is 154 Å². The first kappa shape index (κ1) is 47.0. The molecule has 0 amide bonds. The van der Waals surface area contributed by atoms with Crippen LogP contribution in [-0.4, -0.2) is 41.0 Å². The third-order valence-electron chi connectivity index (χ3n) is 9.13. The smallest absolute Gasteiger partial charge is 0.462 e. The maximum absolute atomic E-state index is 12.4. The van der Waals surface area contributed by atoms with E-state index in [-0.39, 0.29) is 19.4 Å². The third kappa shape index (κ3) is 37.9. The van der Waals surface area contributed by atoms with Crippen molar-refractivity contribution in [3.8, 4) is 0 Å². The van der Waals surface area contributed by atoms with E-state index in [0.717, 1.165) is 32.1 Å². The minimum atomic E-state index is -4.74. The summed E-state index contributed by atoms with van der Waals surface area (Å²) >= 11 is 0. The fourth-order valence-corrected chi connectivity index (χ4v) is 6.44. The molecule has 0 saturated carbocycles. The summed E-state index contributed by atoms with van der Waals surface area (Å²) in [5, 5.41) is 0. The monoisotopic (exact) mass is 705 g/mol. The van der Waals surface area contributed by atoms with Gasteiger partial charge in [0.15, 0.2) is 6.10 Å². The van der Waals surface area contributed by atoms with Crippen LogP contribution in [0.2, 0.25) is 0 Å². The molecule has 0 aliphatic heterocycles. The van der Waals surface area contributed by atoms with Crippen molar-refractivity contribution in [3.05, 3.63) is 0 Å². The number of ether oxygens (including phenoxy) is 2. The molecule has 0 rings (SSSR count). The zero-order chi connectivity index (χ0) is 35.4. The van der Waals surface area contributed by atoms with Crippen molar-refractivity contribution in [2.45, 2.75) is 225 Å². The van der Waals surface area contributed by atoms with Gasteiger partial charge in [0.2, 0.25) is 0 Å². The molecule has 0 heterocycles. The molecule has 0 bridgehead atoms. The fourth-order valence-electron chi connectivity index (χ4n) is 6.08. The van der Waals surface area contributed by atoms with Gasteiger partial charge in [-0.2, -0.15) is 0 Å². The van der Waals surface area contributed by atoms with Gasteiger partial charge in [-0.15, -0.1) is 0 Å². The molecule has 0 aromatic rings. The normalized spacial score (nSPS) is 12.3. The quantitative estimate of drug-likeness (QED) is 0.0370. The third-order valence-corrected chi connectivity index (χ3v) is 9.61. The van der Waals surface area contributed by atoms with Crippen molar-refractivity contribution < 1.29 is 37.9 Å². The van der Waals surface area contributed by atoms with Crippen LogP contribution in [0.15, 0.2) is 0 Å². The highest BCUT2D eigenvalue weighted by molar-refractivity contribution is 7.46. The molecule has 8 nitrogen and oxygen atoms in total. The molecule has 1 atom stereocenters. The standard InChI is InChI=1S/C39H77O8P/c1-3-5-7-9-11-13-15-17-18-19-20-21-22-24-26-28-30-32-34-39(41)47-37(36-46-48(42,43)44)35-45-38(40)33-31-29-27-25-23-16-14-12-10-8-6-4-2/h37H,3-36H2,1-2H3,(H2,42,43,44)/t37-/m1/s1. The molecule has 286 valence electrons. The summed E-state index contributed by atoms with van der Waals surface area (Å²) < 4.78 is 26.3. The highest BCUT2D eigenvalue weighted by atomic mass is 31.2. The van der Waals surface area contributed by atoms with E-state index in [1.54, 1.807) is 0 Å². The lowest BCUT2D eigenvalue weighted by Crippen LogP contribution is -2.29. The molecule has 0 aliphatic rings. The van der Waals surface area contributed by atoms with E-state index in [1.807, 2.05) is 0 Å². The van der Waals surface area contributed by atoms with E-state index in [9.17, 15) is 14.2 Å². The van der Waals surface area contributed by atoms with Crippen LogP contribution >= 0.6 is 7.82 Å². The van der Waals surface area contributed by atoms with Crippen molar-refractivity contribution in [2.24, 2.45) is 0 Å². The Morgan fingerprint density at radius 2 is 0.750 bits per heavy atom. The summed E-state index contributed by atoms with van der Waals surface area (Å²) in [4.78, 5) is 42.7. The topological polar surface area (TPSA) is 119 Å². The van der Waals surface area contributed by atoms with E-state index >= 15 is 0 Å². The number of rotatable bonds is 38. The van der Waals surface area contributed by atoms with E-state index < -0.39 is 32.5 Å². The number of unbranched alkanes of at least 4 members (excludes halogenated alkanes) is 28. The molecule has 0 spiro atoms. The average Bonchev–Trinajstić information content (AvgIpc) is 3.05. The van der Waals surface area contributed by atoms with Crippen LogP contribution in [-0.2, 0) is 28.2 Å². The molecule has 0 fully saturated rings. The average molecular weight is 705 g/mol. The molecule has 2 N–H and O–H groups in total. The lowest BCUT2D eigenvalue weighted by molar-refractivity contribution is -0.161. The zero-order valence-electron chi connectivity index (χ0n) is 31.4. The summed E-state index contributed by atoms with van der Waals surface area (Å²) in [7, 11) is -4.74. The van der Waals surface area contributed by atoms with Gasteiger partial charge in [0.1, 0.15) is 6.61 Å². The van der Waals surface area contributed by atoms with Crippen LogP contribution in [0.1, 0.15) is 219 Å². The van der Waals surface area contributed by atoms with Crippen LogP contribution in [0.3, 0.4) is 0 Å². The predicted molar refractivity (Wildman–Crippen MR) is 198 cm³/mol.